The van der Waals surface area contributed by atoms with Crippen molar-refractivity contribution in [3.8, 4) is 0 Å². The zero-order valence-corrected chi connectivity index (χ0v) is 12.7. The molecule has 126 valence electrons. The smallest absolute Gasteiger partial charge is 0.337 e. The first-order chi connectivity index (χ1) is 10.3. The number of esters is 1. The Kier molecular flexibility index (Phi) is 5.08. The highest BCUT2D eigenvalue weighted by atomic mass is 16.7. The van der Waals surface area contributed by atoms with E-state index in [9.17, 15) is 20.1 Å². The van der Waals surface area contributed by atoms with Crippen molar-refractivity contribution in [3.05, 3.63) is 11.3 Å². The third kappa shape index (κ3) is 2.97. The second-order valence-corrected chi connectivity index (χ2v) is 5.70. The molecule has 4 N–H and O–H groups in total. The molecule has 2 aliphatic heterocycles. The first kappa shape index (κ1) is 17.2. The molecule has 0 radical (unpaired) electrons. The summed E-state index contributed by atoms with van der Waals surface area (Å²) in [6.45, 7) is 4.49. The van der Waals surface area contributed by atoms with Gasteiger partial charge in [-0.2, -0.15) is 0 Å². The van der Waals surface area contributed by atoms with E-state index >= 15 is 0 Å². The van der Waals surface area contributed by atoms with E-state index in [4.69, 9.17) is 19.3 Å². The van der Waals surface area contributed by atoms with Crippen LogP contribution in [0, 0.1) is 5.92 Å². The maximum Gasteiger partial charge on any atom is 0.337 e. The standard InChI is InChI=1S/C14H22O8/c1-5-7(3)20-13(19)6(2)12(5)22-14-11(18)10(17)9(16)8(4-15)21-14/h5,7-11,14-18H,4H2,1-3H3/t5-,7-,8-,9-,10+,11-,14+/m1/s1. The van der Waals surface area contributed by atoms with Crippen molar-refractivity contribution < 1.29 is 39.4 Å². The van der Waals surface area contributed by atoms with Gasteiger partial charge in [0.05, 0.1) is 18.1 Å². The SMILES string of the molecule is CC1=C(O[C@@H]2O[C@H](CO)[C@@H](O)[C@H](O)[C@H]2O)[C@H](C)[C@@H](C)OC1=O. The van der Waals surface area contributed by atoms with Crippen molar-refractivity contribution >= 4 is 5.97 Å². The van der Waals surface area contributed by atoms with E-state index in [1.807, 2.05) is 0 Å². The summed E-state index contributed by atoms with van der Waals surface area (Å²) >= 11 is 0. The van der Waals surface area contributed by atoms with E-state index < -0.39 is 49.4 Å². The molecule has 0 amide bonds. The first-order valence-corrected chi connectivity index (χ1v) is 7.16. The van der Waals surface area contributed by atoms with Crippen LogP contribution in [0.3, 0.4) is 0 Å². The highest BCUT2D eigenvalue weighted by Crippen LogP contribution is 2.32. The molecular formula is C14H22O8. The lowest BCUT2D eigenvalue weighted by molar-refractivity contribution is -0.294. The summed E-state index contributed by atoms with van der Waals surface area (Å²) in [7, 11) is 0. The van der Waals surface area contributed by atoms with Crippen LogP contribution in [0.5, 0.6) is 0 Å². The van der Waals surface area contributed by atoms with Crippen LogP contribution in [0.15, 0.2) is 11.3 Å². The molecule has 8 nitrogen and oxygen atoms in total. The van der Waals surface area contributed by atoms with Crippen molar-refractivity contribution in [1.29, 1.82) is 0 Å². The largest absolute Gasteiger partial charge is 0.465 e. The van der Waals surface area contributed by atoms with Gasteiger partial charge in [0.15, 0.2) is 0 Å². The Bertz CT molecular complexity index is 460. The summed E-state index contributed by atoms with van der Waals surface area (Å²) in [6.07, 6.45) is -7.27. The van der Waals surface area contributed by atoms with Crippen molar-refractivity contribution in [3.63, 3.8) is 0 Å². The molecule has 0 aromatic rings. The molecule has 7 atom stereocenters. The van der Waals surface area contributed by atoms with Gasteiger partial charge in [0.1, 0.15) is 36.3 Å². The molecule has 2 aliphatic rings. The number of ether oxygens (including phenoxy) is 3. The predicted octanol–water partition coefficient (Wildman–Crippen LogP) is -1.34. The van der Waals surface area contributed by atoms with E-state index in [1.165, 1.54) is 6.92 Å². The summed E-state index contributed by atoms with van der Waals surface area (Å²) in [5.41, 5.74) is 0.252. The first-order valence-electron chi connectivity index (χ1n) is 7.16. The number of aliphatic hydroxyl groups is 4. The van der Waals surface area contributed by atoms with Crippen molar-refractivity contribution in [1.82, 2.24) is 0 Å². The molecule has 0 bridgehead atoms. The normalized spacial score (nSPS) is 43.0. The second-order valence-electron chi connectivity index (χ2n) is 5.70. The minimum Gasteiger partial charge on any atom is -0.465 e. The summed E-state index contributed by atoms with van der Waals surface area (Å²) in [6, 6.07) is 0. The lowest BCUT2D eigenvalue weighted by Gasteiger charge is -2.41. The maximum atomic E-state index is 11.7. The van der Waals surface area contributed by atoms with Crippen molar-refractivity contribution in [2.75, 3.05) is 6.61 Å². The van der Waals surface area contributed by atoms with Crippen LogP contribution in [0.2, 0.25) is 0 Å². The summed E-state index contributed by atoms with van der Waals surface area (Å²) in [5.74, 6) is -0.483. The zero-order chi connectivity index (χ0) is 16.6. The number of hydrogen-bond acceptors (Lipinski definition) is 8. The molecule has 0 unspecified atom stereocenters. The van der Waals surface area contributed by atoms with Gasteiger partial charge in [0, 0.05) is 0 Å². The fraction of sp³-hybridized carbons (Fsp3) is 0.786. The fourth-order valence-electron chi connectivity index (χ4n) is 2.50. The highest BCUT2D eigenvalue weighted by Gasteiger charge is 2.46. The van der Waals surface area contributed by atoms with Gasteiger partial charge < -0.3 is 34.6 Å². The van der Waals surface area contributed by atoms with Gasteiger partial charge in [-0.15, -0.1) is 0 Å². The Morgan fingerprint density at radius 2 is 1.77 bits per heavy atom. The number of hydrogen-bond donors (Lipinski definition) is 4. The highest BCUT2D eigenvalue weighted by molar-refractivity contribution is 5.89. The van der Waals surface area contributed by atoms with Gasteiger partial charge in [-0.1, -0.05) is 6.92 Å². The Morgan fingerprint density at radius 1 is 1.14 bits per heavy atom. The number of cyclic esters (lactones) is 1. The minimum atomic E-state index is -1.53. The molecule has 1 fully saturated rings. The summed E-state index contributed by atoms with van der Waals surface area (Å²) in [4.78, 5) is 11.7. The molecule has 0 saturated carbocycles. The third-order valence-electron chi connectivity index (χ3n) is 4.18. The maximum absolute atomic E-state index is 11.7. The monoisotopic (exact) mass is 318 g/mol. The molecule has 0 aliphatic carbocycles. The van der Waals surface area contributed by atoms with Crippen LogP contribution < -0.4 is 0 Å². The van der Waals surface area contributed by atoms with Gasteiger partial charge in [0.25, 0.3) is 0 Å². The zero-order valence-electron chi connectivity index (χ0n) is 12.7. The molecule has 0 aromatic carbocycles. The quantitative estimate of drug-likeness (QED) is 0.471. The molecular weight excluding hydrogens is 296 g/mol. The number of carbonyl (C=O) groups is 1. The van der Waals surface area contributed by atoms with E-state index in [0.717, 1.165) is 0 Å². The van der Waals surface area contributed by atoms with Crippen LogP contribution in [-0.4, -0.2) is 69.8 Å². The Balaban J connectivity index is 2.21. The third-order valence-corrected chi connectivity index (χ3v) is 4.18. The Hall–Kier alpha value is -1.19. The van der Waals surface area contributed by atoms with Crippen molar-refractivity contribution in [2.24, 2.45) is 5.92 Å². The van der Waals surface area contributed by atoms with Crippen LogP contribution in [-0.2, 0) is 19.0 Å². The molecule has 1 saturated heterocycles. The second kappa shape index (κ2) is 6.51. The topological polar surface area (TPSA) is 126 Å². The van der Waals surface area contributed by atoms with E-state index in [-0.39, 0.29) is 11.5 Å². The van der Waals surface area contributed by atoms with Crippen LogP contribution in [0.4, 0.5) is 0 Å². The summed E-state index contributed by atoms with van der Waals surface area (Å²) < 4.78 is 16.0. The summed E-state index contributed by atoms with van der Waals surface area (Å²) in [5, 5.41) is 38.6. The average Bonchev–Trinajstić information content (AvgIpc) is 2.49. The predicted molar refractivity (Wildman–Crippen MR) is 72.3 cm³/mol. The molecule has 8 heteroatoms. The van der Waals surface area contributed by atoms with Gasteiger partial charge in [-0.05, 0) is 13.8 Å². The van der Waals surface area contributed by atoms with E-state index in [1.54, 1.807) is 13.8 Å². The lowest BCUT2D eigenvalue weighted by Crippen LogP contribution is -2.59. The van der Waals surface area contributed by atoms with Crippen molar-refractivity contribution in [2.45, 2.75) is 57.6 Å². The fourth-order valence-corrected chi connectivity index (χ4v) is 2.50. The van der Waals surface area contributed by atoms with Crippen LogP contribution in [0.1, 0.15) is 20.8 Å². The molecule has 2 rings (SSSR count). The minimum absolute atomic E-state index is 0.252. The van der Waals surface area contributed by atoms with Gasteiger partial charge in [-0.3, -0.25) is 0 Å². The number of rotatable bonds is 3. The van der Waals surface area contributed by atoms with Crippen LogP contribution >= 0.6 is 0 Å². The number of aliphatic hydroxyl groups excluding tert-OH is 4. The van der Waals surface area contributed by atoms with E-state index in [2.05, 4.69) is 0 Å². The van der Waals surface area contributed by atoms with Crippen LogP contribution in [0.25, 0.3) is 0 Å². The molecule has 22 heavy (non-hydrogen) atoms. The van der Waals surface area contributed by atoms with Gasteiger partial charge >= 0.3 is 5.97 Å². The van der Waals surface area contributed by atoms with Gasteiger partial charge in [0.2, 0.25) is 6.29 Å². The van der Waals surface area contributed by atoms with E-state index in [0.29, 0.717) is 5.76 Å². The lowest BCUT2D eigenvalue weighted by atomic mass is 9.96. The molecule has 2 heterocycles. The Morgan fingerprint density at radius 3 is 2.36 bits per heavy atom. The number of carbonyl (C=O) groups excluding carboxylic acids is 1. The van der Waals surface area contributed by atoms with Gasteiger partial charge in [-0.25, -0.2) is 4.79 Å². The Labute approximate surface area is 127 Å². The molecule has 0 spiro atoms. The molecule has 0 aromatic heterocycles. The average molecular weight is 318 g/mol.